The number of nitrogens with zero attached hydrogens (tertiary/aromatic N) is 1. The molecule has 0 aliphatic heterocycles. The van der Waals surface area contributed by atoms with Gasteiger partial charge >= 0.3 is 6.03 Å². The Balaban J connectivity index is 4.31. The number of likely N-dealkylation sites (N-methyl/N-ethyl adjacent to an activating group) is 1. The van der Waals surface area contributed by atoms with E-state index < -0.39 is 11.6 Å². The Hall–Kier alpha value is -1.06. The predicted octanol–water partition coefficient (Wildman–Crippen LogP) is -0.0256. The van der Waals surface area contributed by atoms with Gasteiger partial charge in [-0.3, -0.25) is 0 Å². The van der Waals surface area contributed by atoms with Crippen LogP contribution in [-0.2, 0) is 4.79 Å². The van der Waals surface area contributed by atoms with E-state index in [1.807, 2.05) is 0 Å². The standard InChI is InChI=1S/C6H12N2O2/c1-6(2,4-9)8(3)5(7)10/h4H,1-3H3,(H2,7,10). The molecule has 58 valence electrons. The van der Waals surface area contributed by atoms with Gasteiger partial charge in [0.05, 0.1) is 5.54 Å². The number of amides is 2. The molecule has 0 atom stereocenters. The minimum atomic E-state index is -0.800. The van der Waals surface area contributed by atoms with E-state index >= 15 is 0 Å². The minimum Gasteiger partial charge on any atom is -0.351 e. The number of carbonyl (C=O) groups excluding carboxylic acids is 2. The van der Waals surface area contributed by atoms with Crippen molar-refractivity contribution in [1.29, 1.82) is 0 Å². The molecule has 0 aliphatic carbocycles. The zero-order valence-corrected chi connectivity index (χ0v) is 6.42. The van der Waals surface area contributed by atoms with E-state index in [1.54, 1.807) is 13.8 Å². The fraction of sp³-hybridized carbons (Fsp3) is 0.667. The zero-order valence-electron chi connectivity index (χ0n) is 6.42. The van der Waals surface area contributed by atoms with Crippen LogP contribution in [0.3, 0.4) is 0 Å². The van der Waals surface area contributed by atoms with Crippen LogP contribution in [0.4, 0.5) is 4.79 Å². The molecule has 0 unspecified atom stereocenters. The third kappa shape index (κ3) is 1.72. The van der Waals surface area contributed by atoms with Crippen molar-refractivity contribution >= 4 is 12.3 Å². The Morgan fingerprint density at radius 3 is 2.10 bits per heavy atom. The summed E-state index contributed by atoms with van der Waals surface area (Å²) in [5.41, 5.74) is 4.13. The van der Waals surface area contributed by atoms with Crippen LogP contribution in [0.5, 0.6) is 0 Å². The highest BCUT2D eigenvalue weighted by molar-refractivity contribution is 5.78. The fourth-order valence-corrected chi connectivity index (χ4v) is 0.363. The second kappa shape index (κ2) is 2.68. The molecule has 0 radical (unpaired) electrons. The first kappa shape index (κ1) is 8.94. The number of aldehydes is 1. The summed E-state index contributed by atoms with van der Waals surface area (Å²) < 4.78 is 0. The van der Waals surface area contributed by atoms with Crippen LogP contribution in [0.2, 0.25) is 0 Å². The van der Waals surface area contributed by atoms with Crippen LogP contribution in [0.1, 0.15) is 13.8 Å². The quantitative estimate of drug-likeness (QED) is 0.553. The number of hydrogen-bond acceptors (Lipinski definition) is 2. The van der Waals surface area contributed by atoms with Gasteiger partial charge in [0.25, 0.3) is 0 Å². The number of primary amides is 1. The molecular formula is C6H12N2O2. The topological polar surface area (TPSA) is 63.4 Å². The van der Waals surface area contributed by atoms with Crippen LogP contribution in [0, 0.1) is 0 Å². The summed E-state index contributed by atoms with van der Waals surface area (Å²) in [4.78, 5) is 22.0. The lowest BCUT2D eigenvalue weighted by Crippen LogP contribution is -2.48. The summed E-state index contributed by atoms with van der Waals surface area (Å²) in [6.07, 6.45) is 0.678. The zero-order chi connectivity index (χ0) is 8.36. The molecule has 2 N–H and O–H groups in total. The highest BCUT2D eigenvalue weighted by Crippen LogP contribution is 2.06. The van der Waals surface area contributed by atoms with Crippen LogP contribution >= 0.6 is 0 Å². The van der Waals surface area contributed by atoms with E-state index in [0.29, 0.717) is 6.29 Å². The number of carbonyl (C=O) groups is 2. The Bertz CT molecular complexity index is 154. The molecule has 0 bridgehead atoms. The van der Waals surface area contributed by atoms with Gasteiger partial charge < -0.3 is 15.4 Å². The van der Waals surface area contributed by atoms with Crippen molar-refractivity contribution in [3.63, 3.8) is 0 Å². The molecule has 0 aliphatic rings. The smallest absolute Gasteiger partial charge is 0.315 e. The van der Waals surface area contributed by atoms with Crippen molar-refractivity contribution in [1.82, 2.24) is 4.90 Å². The SMILES string of the molecule is CN(C(N)=O)C(C)(C)C=O. The molecule has 0 heterocycles. The summed E-state index contributed by atoms with van der Waals surface area (Å²) in [6, 6.07) is -0.600. The van der Waals surface area contributed by atoms with Gasteiger partial charge in [-0.25, -0.2) is 4.79 Å². The van der Waals surface area contributed by atoms with Gasteiger partial charge in [0.1, 0.15) is 6.29 Å². The number of hydrogen-bond donors (Lipinski definition) is 1. The minimum absolute atomic E-state index is 0.600. The predicted molar refractivity (Wildman–Crippen MR) is 37.5 cm³/mol. The Morgan fingerprint density at radius 2 is 2.00 bits per heavy atom. The monoisotopic (exact) mass is 144 g/mol. The summed E-state index contributed by atoms with van der Waals surface area (Å²) in [5, 5.41) is 0. The van der Waals surface area contributed by atoms with Crippen molar-refractivity contribution in [2.75, 3.05) is 7.05 Å². The number of urea groups is 1. The van der Waals surface area contributed by atoms with Gasteiger partial charge in [-0.2, -0.15) is 0 Å². The van der Waals surface area contributed by atoms with Crippen molar-refractivity contribution in [2.24, 2.45) is 5.73 Å². The molecule has 2 amide bonds. The average molecular weight is 144 g/mol. The Labute approximate surface area is 60.0 Å². The summed E-state index contributed by atoms with van der Waals surface area (Å²) in [7, 11) is 1.48. The number of nitrogens with two attached hydrogens (primary N) is 1. The largest absolute Gasteiger partial charge is 0.351 e. The van der Waals surface area contributed by atoms with E-state index in [1.165, 1.54) is 11.9 Å². The lowest BCUT2D eigenvalue weighted by atomic mass is 10.1. The molecular weight excluding hydrogens is 132 g/mol. The summed E-state index contributed by atoms with van der Waals surface area (Å²) in [6.45, 7) is 3.23. The van der Waals surface area contributed by atoms with E-state index in [-0.39, 0.29) is 0 Å². The average Bonchev–Trinajstić information content (AvgIpc) is 1.86. The third-order valence-corrected chi connectivity index (χ3v) is 1.48. The number of rotatable bonds is 2. The molecule has 0 saturated heterocycles. The molecule has 0 fully saturated rings. The maximum atomic E-state index is 10.5. The molecule has 4 nitrogen and oxygen atoms in total. The maximum Gasteiger partial charge on any atom is 0.315 e. The summed E-state index contributed by atoms with van der Waals surface area (Å²) in [5.74, 6) is 0. The van der Waals surface area contributed by atoms with Gasteiger partial charge in [-0.05, 0) is 13.8 Å². The van der Waals surface area contributed by atoms with Crippen molar-refractivity contribution < 1.29 is 9.59 Å². The lowest BCUT2D eigenvalue weighted by Gasteiger charge is -2.28. The fourth-order valence-electron chi connectivity index (χ4n) is 0.363. The highest BCUT2D eigenvalue weighted by atomic mass is 16.2. The van der Waals surface area contributed by atoms with Crippen molar-refractivity contribution in [2.45, 2.75) is 19.4 Å². The Kier molecular flexibility index (Phi) is 2.40. The highest BCUT2D eigenvalue weighted by Gasteiger charge is 2.24. The molecule has 0 aromatic carbocycles. The summed E-state index contributed by atoms with van der Waals surface area (Å²) >= 11 is 0. The molecule has 0 rings (SSSR count). The first-order valence-electron chi connectivity index (χ1n) is 2.91. The van der Waals surface area contributed by atoms with Crippen molar-refractivity contribution in [3.05, 3.63) is 0 Å². The third-order valence-electron chi connectivity index (χ3n) is 1.48. The normalized spacial score (nSPS) is 10.7. The van der Waals surface area contributed by atoms with Crippen LogP contribution < -0.4 is 5.73 Å². The van der Waals surface area contributed by atoms with E-state index in [2.05, 4.69) is 0 Å². The molecule has 0 spiro atoms. The first-order valence-corrected chi connectivity index (χ1v) is 2.91. The Morgan fingerprint density at radius 1 is 1.60 bits per heavy atom. The second-order valence-electron chi connectivity index (χ2n) is 2.67. The molecule has 0 aromatic heterocycles. The maximum absolute atomic E-state index is 10.5. The van der Waals surface area contributed by atoms with E-state index in [9.17, 15) is 9.59 Å². The van der Waals surface area contributed by atoms with Crippen LogP contribution in [0.25, 0.3) is 0 Å². The molecule has 10 heavy (non-hydrogen) atoms. The van der Waals surface area contributed by atoms with Gasteiger partial charge in [0.15, 0.2) is 0 Å². The van der Waals surface area contributed by atoms with E-state index in [4.69, 9.17) is 5.73 Å². The molecule has 0 aromatic rings. The second-order valence-corrected chi connectivity index (χ2v) is 2.67. The van der Waals surface area contributed by atoms with Crippen LogP contribution in [-0.4, -0.2) is 29.8 Å². The van der Waals surface area contributed by atoms with Gasteiger partial charge in [-0.15, -0.1) is 0 Å². The van der Waals surface area contributed by atoms with Crippen LogP contribution in [0.15, 0.2) is 0 Å². The lowest BCUT2D eigenvalue weighted by molar-refractivity contribution is -0.114. The first-order chi connectivity index (χ1) is 4.41. The van der Waals surface area contributed by atoms with Gasteiger partial charge in [0, 0.05) is 7.05 Å². The van der Waals surface area contributed by atoms with Crippen molar-refractivity contribution in [3.8, 4) is 0 Å². The molecule has 4 heteroatoms. The van der Waals surface area contributed by atoms with Gasteiger partial charge in [-0.1, -0.05) is 0 Å². The molecule has 0 saturated carbocycles. The van der Waals surface area contributed by atoms with E-state index in [0.717, 1.165) is 0 Å². The van der Waals surface area contributed by atoms with Gasteiger partial charge in [0.2, 0.25) is 0 Å².